The Bertz CT molecular complexity index is 327. The summed E-state index contributed by atoms with van der Waals surface area (Å²) >= 11 is 0. The maximum Gasteiger partial charge on any atom is 0.309 e. The van der Waals surface area contributed by atoms with Gasteiger partial charge in [0.05, 0.1) is 30.1 Å². The zero-order valence-corrected chi connectivity index (χ0v) is 11.6. The van der Waals surface area contributed by atoms with Crippen LogP contribution in [0.5, 0.6) is 0 Å². The van der Waals surface area contributed by atoms with Crippen molar-refractivity contribution < 1.29 is 34.8 Å². The van der Waals surface area contributed by atoms with Crippen molar-refractivity contribution in [3.05, 3.63) is 0 Å². The van der Waals surface area contributed by atoms with Gasteiger partial charge in [-0.15, -0.1) is 0 Å². The summed E-state index contributed by atoms with van der Waals surface area (Å²) in [6.45, 7) is 3.72. The van der Waals surface area contributed by atoms with E-state index >= 15 is 0 Å². The standard InChI is InChI=1S/C13H22O7/c1-3-6(4-2)20-11-9(14)7(12(16)17)5-8(10(11)15)13(18)19/h6-11,14-15H,3-5H2,1-2H3,(H,16,17)(H,18,19)/t7-,8+,9-,10+,11?. The fraction of sp³-hybridized carbons (Fsp3) is 0.846. The van der Waals surface area contributed by atoms with Crippen LogP contribution in [0.25, 0.3) is 0 Å². The summed E-state index contributed by atoms with van der Waals surface area (Å²) in [4.78, 5) is 22.2. The molecule has 0 bridgehead atoms. The highest BCUT2D eigenvalue weighted by molar-refractivity contribution is 5.75. The van der Waals surface area contributed by atoms with Crippen molar-refractivity contribution in [1.29, 1.82) is 0 Å². The summed E-state index contributed by atoms with van der Waals surface area (Å²) in [5, 5.41) is 38.2. The van der Waals surface area contributed by atoms with E-state index in [-0.39, 0.29) is 12.5 Å². The summed E-state index contributed by atoms with van der Waals surface area (Å²) in [6.07, 6.45) is -3.35. The molecule has 0 aliphatic heterocycles. The quantitative estimate of drug-likeness (QED) is 0.546. The van der Waals surface area contributed by atoms with Gasteiger partial charge in [0.2, 0.25) is 0 Å². The van der Waals surface area contributed by atoms with Crippen molar-refractivity contribution in [3.63, 3.8) is 0 Å². The molecule has 0 heterocycles. The van der Waals surface area contributed by atoms with E-state index in [0.717, 1.165) is 0 Å². The van der Waals surface area contributed by atoms with Crippen molar-refractivity contribution in [2.24, 2.45) is 11.8 Å². The van der Waals surface area contributed by atoms with Gasteiger partial charge in [0.25, 0.3) is 0 Å². The van der Waals surface area contributed by atoms with Gasteiger partial charge in [-0.2, -0.15) is 0 Å². The van der Waals surface area contributed by atoms with E-state index in [4.69, 9.17) is 14.9 Å². The minimum absolute atomic E-state index is 0.258. The largest absolute Gasteiger partial charge is 0.481 e. The Hall–Kier alpha value is -1.18. The molecule has 0 spiro atoms. The fourth-order valence-electron chi connectivity index (χ4n) is 2.57. The van der Waals surface area contributed by atoms with Crippen LogP contribution in [-0.4, -0.2) is 56.8 Å². The molecule has 1 saturated carbocycles. The molecule has 5 atom stereocenters. The van der Waals surface area contributed by atoms with Gasteiger partial charge in [-0.1, -0.05) is 13.8 Å². The summed E-state index contributed by atoms with van der Waals surface area (Å²) in [5.74, 6) is -5.07. The van der Waals surface area contributed by atoms with E-state index in [1.165, 1.54) is 0 Å². The van der Waals surface area contributed by atoms with E-state index < -0.39 is 42.1 Å². The number of aliphatic carboxylic acids is 2. The van der Waals surface area contributed by atoms with Crippen LogP contribution in [-0.2, 0) is 14.3 Å². The lowest BCUT2D eigenvalue weighted by Gasteiger charge is -2.40. The van der Waals surface area contributed by atoms with Gasteiger partial charge in [-0.05, 0) is 19.3 Å². The van der Waals surface area contributed by atoms with Gasteiger partial charge < -0.3 is 25.2 Å². The van der Waals surface area contributed by atoms with E-state index in [1.54, 1.807) is 0 Å². The third-order valence-corrected chi connectivity index (χ3v) is 3.90. The molecule has 0 radical (unpaired) electrons. The molecule has 0 saturated heterocycles. The Labute approximate surface area is 117 Å². The normalized spacial score (nSPS) is 34.1. The molecule has 1 unspecified atom stereocenters. The van der Waals surface area contributed by atoms with E-state index in [1.807, 2.05) is 13.8 Å². The first-order valence-electron chi connectivity index (χ1n) is 6.80. The maximum absolute atomic E-state index is 11.1. The summed E-state index contributed by atoms with van der Waals surface area (Å²) in [6, 6.07) is 0. The number of carboxylic acid groups (broad SMARTS) is 2. The minimum Gasteiger partial charge on any atom is -0.481 e. The zero-order chi connectivity index (χ0) is 15.4. The number of hydrogen-bond donors (Lipinski definition) is 4. The number of rotatable bonds is 6. The molecular weight excluding hydrogens is 268 g/mol. The fourth-order valence-corrected chi connectivity index (χ4v) is 2.57. The van der Waals surface area contributed by atoms with Crippen LogP contribution in [0.3, 0.4) is 0 Å². The Balaban J connectivity index is 2.97. The molecule has 7 heteroatoms. The van der Waals surface area contributed by atoms with E-state index in [2.05, 4.69) is 0 Å². The molecule has 0 amide bonds. The first-order chi connectivity index (χ1) is 9.33. The van der Waals surface area contributed by atoms with Gasteiger partial charge in [0.1, 0.15) is 6.10 Å². The summed E-state index contributed by atoms with van der Waals surface area (Å²) in [5.41, 5.74) is 0. The van der Waals surface area contributed by atoms with Crippen molar-refractivity contribution >= 4 is 11.9 Å². The number of aliphatic hydroxyl groups is 2. The topological polar surface area (TPSA) is 124 Å². The molecule has 4 N–H and O–H groups in total. The second kappa shape index (κ2) is 7.01. The number of aliphatic hydroxyl groups excluding tert-OH is 2. The predicted octanol–water partition coefficient (Wildman–Crippen LogP) is 0.0873. The molecule has 1 fully saturated rings. The van der Waals surface area contributed by atoms with Crippen LogP contribution in [0.1, 0.15) is 33.1 Å². The average Bonchev–Trinajstić information content (AvgIpc) is 2.38. The van der Waals surface area contributed by atoms with Crippen LogP contribution in [0.15, 0.2) is 0 Å². The SMILES string of the molecule is CCC(CC)OC1[C@@H](O)[C@@H](C(=O)O)C[C@@H](C(=O)O)[C@H]1O. The van der Waals surface area contributed by atoms with Crippen LogP contribution in [0, 0.1) is 11.8 Å². The lowest BCUT2D eigenvalue weighted by molar-refractivity contribution is -0.197. The number of carbonyl (C=O) groups is 2. The second-order valence-electron chi connectivity index (χ2n) is 5.15. The molecule has 0 aromatic rings. The van der Waals surface area contributed by atoms with Crippen molar-refractivity contribution in [3.8, 4) is 0 Å². The lowest BCUT2D eigenvalue weighted by Crippen LogP contribution is -2.56. The highest BCUT2D eigenvalue weighted by Crippen LogP contribution is 2.33. The predicted molar refractivity (Wildman–Crippen MR) is 68.1 cm³/mol. The lowest BCUT2D eigenvalue weighted by atomic mass is 9.75. The molecule has 1 aliphatic carbocycles. The number of ether oxygens (including phenoxy) is 1. The van der Waals surface area contributed by atoms with Gasteiger partial charge in [-0.3, -0.25) is 9.59 Å². The Morgan fingerprint density at radius 2 is 1.45 bits per heavy atom. The zero-order valence-electron chi connectivity index (χ0n) is 11.6. The number of hydrogen-bond acceptors (Lipinski definition) is 5. The van der Waals surface area contributed by atoms with Crippen LogP contribution < -0.4 is 0 Å². The summed E-state index contributed by atoms with van der Waals surface area (Å²) in [7, 11) is 0. The first-order valence-corrected chi connectivity index (χ1v) is 6.80. The van der Waals surface area contributed by atoms with Crippen LogP contribution in [0.2, 0.25) is 0 Å². The maximum atomic E-state index is 11.1. The van der Waals surface area contributed by atoms with Crippen molar-refractivity contribution in [1.82, 2.24) is 0 Å². The van der Waals surface area contributed by atoms with Gasteiger partial charge in [0, 0.05) is 0 Å². The molecule has 0 aromatic carbocycles. The third kappa shape index (κ3) is 3.47. The molecule has 1 aliphatic rings. The Kier molecular flexibility index (Phi) is 5.91. The average molecular weight is 290 g/mol. The first kappa shape index (κ1) is 16.9. The second-order valence-corrected chi connectivity index (χ2v) is 5.15. The molecule has 1 rings (SSSR count). The molecule has 0 aromatic heterocycles. The highest BCUT2D eigenvalue weighted by atomic mass is 16.5. The van der Waals surface area contributed by atoms with Crippen molar-refractivity contribution in [2.75, 3.05) is 0 Å². The highest BCUT2D eigenvalue weighted by Gasteiger charge is 2.50. The monoisotopic (exact) mass is 290 g/mol. The van der Waals surface area contributed by atoms with E-state index in [0.29, 0.717) is 12.8 Å². The minimum atomic E-state index is -1.42. The van der Waals surface area contributed by atoms with E-state index in [9.17, 15) is 19.8 Å². The van der Waals surface area contributed by atoms with Crippen LogP contribution >= 0.6 is 0 Å². The summed E-state index contributed by atoms with van der Waals surface area (Å²) < 4.78 is 5.55. The molecule has 116 valence electrons. The number of carboxylic acids is 2. The Morgan fingerprint density at radius 3 is 1.75 bits per heavy atom. The van der Waals surface area contributed by atoms with Crippen molar-refractivity contribution in [2.45, 2.75) is 57.5 Å². The van der Waals surface area contributed by atoms with Crippen LogP contribution in [0.4, 0.5) is 0 Å². The molecular formula is C13H22O7. The molecule has 7 nitrogen and oxygen atoms in total. The molecule has 20 heavy (non-hydrogen) atoms. The van der Waals surface area contributed by atoms with Gasteiger partial charge >= 0.3 is 11.9 Å². The smallest absolute Gasteiger partial charge is 0.309 e. The Morgan fingerprint density at radius 1 is 1.05 bits per heavy atom. The van der Waals surface area contributed by atoms with Gasteiger partial charge in [-0.25, -0.2) is 0 Å². The third-order valence-electron chi connectivity index (χ3n) is 3.90. The van der Waals surface area contributed by atoms with Gasteiger partial charge in [0.15, 0.2) is 0 Å².